The molecular weight excluding hydrogens is 213 g/mol. The SMILES string of the molecule is O=C(NOCC(F)(F)F)N1CCCCC1. The molecule has 4 nitrogen and oxygen atoms in total. The number of hydrogen-bond donors (Lipinski definition) is 1. The maximum absolute atomic E-state index is 11.7. The third-order valence-electron chi connectivity index (χ3n) is 2.04. The van der Waals surface area contributed by atoms with Crippen LogP contribution in [-0.4, -0.2) is 36.8 Å². The number of piperidine rings is 1. The zero-order chi connectivity index (χ0) is 11.3. The van der Waals surface area contributed by atoms with E-state index < -0.39 is 18.8 Å². The zero-order valence-electron chi connectivity index (χ0n) is 8.14. The maximum Gasteiger partial charge on any atom is 0.414 e. The lowest BCUT2D eigenvalue weighted by molar-refractivity contribution is -0.184. The molecule has 0 aliphatic carbocycles. The molecular formula is C8H13F3N2O2. The van der Waals surface area contributed by atoms with E-state index >= 15 is 0 Å². The summed E-state index contributed by atoms with van der Waals surface area (Å²) in [5, 5.41) is 0. The highest BCUT2D eigenvalue weighted by molar-refractivity contribution is 5.73. The Morgan fingerprint density at radius 1 is 1.27 bits per heavy atom. The number of likely N-dealkylation sites (tertiary alicyclic amines) is 1. The first-order valence-electron chi connectivity index (χ1n) is 4.72. The van der Waals surface area contributed by atoms with Crippen molar-refractivity contribution in [2.45, 2.75) is 25.4 Å². The Hall–Kier alpha value is -0.980. The van der Waals surface area contributed by atoms with Crippen LogP contribution in [0.25, 0.3) is 0 Å². The van der Waals surface area contributed by atoms with Gasteiger partial charge in [-0.2, -0.15) is 13.2 Å². The molecule has 7 heteroatoms. The number of urea groups is 1. The van der Waals surface area contributed by atoms with Crippen molar-refractivity contribution in [3.63, 3.8) is 0 Å². The molecule has 0 bridgehead atoms. The second-order valence-electron chi connectivity index (χ2n) is 3.36. The summed E-state index contributed by atoms with van der Waals surface area (Å²) in [5.41, 5.74) is 1.78. The average Bonchev–Trinajstić information content (AvgIpc) is 2.17. The molecule has 0 aromatic rings. The summed E-state index contributed by atoms with van der Waals surface area (Å²) in [5.74, 6) is 0. The molecule has 1 fully saturated rings. The minimum atomic E-state index is -4.42. The summed E-state index contributed by atoms with van der Waals surface area (Å²) in [4.78, 5) is 16.7. The molecule has 1 rings (SSSR count). The van der Waals surface area contributed by atoms with Crippen LogP contribution in [0.3, 0.4) is 0 Å². The molecule has 0 spiro atoms. The van der Waals surface area contributed by atoms with Crippen LogP contribution in [0.4, 0.5) is 18.0 Å². The fourth-order valence-electron chi connectivity index (χ4n) is 1.34. The first-order chi connectivity index (χ1) is 6.99. The summed E-state index contributed by atoms with van der Waals surface area (Å²) in [6, 6.07) is -0.598. The summed E-state index contributed by atoms with van der Waals surface area (Å²) in [6.45, 7) is -0.324. The predicted molar refractivity (Wildman–Crippen MR) is 46.0 cm³/mol. The minimum absolute atomic E-state index is 0.571. The molecule has 2 amide bonds. The van der Waals surface area contributed by atoms with Crippen molar-refractivity contribution >= 4 is 6.03 Å². The Morgan fingerprint density at radius 2 is 1.87 bits per heavy atom. The topological polar surface area (TPSA) is 41.6 Å². The molecule has 0 atom stereocenters. The minimum Gasteiger partial charge on any atom is -0.323 e. The number of nitrogens with one attached hydrogen (secondary N) is 1. The lowest BCUT2D eigenvalue weighted by Gasteiger charge is -2.26. The van der Waals surface area contributed by atoms with Crippen LogP contribution in [0, 0.1) is 0 Å². The first-order valence-corrected chi connectivity index (χ1v) is 4.72. The van der Waals surface area contributed by atoms with Gasteiger partial charge in [0.25, 0.3) is 0 Å². The van der Waals surface area contributed by atoms with Crippen LogP contribution < -0.4 is 5.48 Å². The highest BCUT2D eigenvalue weighted by Crippen LogP contribution is 2.14. The highest BCUT2D eigenvalue weighted by atomic mass is 19.4. The van der Waals surface area contributed by atoms with Crippen molar-refractivity contribution in [1.82, 2.24) is 10.4 Å². The van der Waals surface area contributed by atoms with Crippen molar-refractivity contribution in [2.75, 3.05) is 19.7 Å². The monoisotopic (exact) mass is 226 g/mol. The van der Waals surface area contributed by atoms with Gasteiger partial charge in [-0.05, 0) is 19.3 Å². The average molecular weight is 226 g/mol. The van der Waals surface area contributed by atoms with Gasteiger partial charge >= 0.3 is 12.2 Å². The molecule has 0 radical (unpaired) electrons. The van der Waals surface area contributed by atoms with Crippen LogP contribution in [0.1, 0.15) is 19.3 Å². The number of amides is 2. The molecule has 1 heterocycles. The highest BCUT2D eigenvalue weighted by Gasteiger charge is 2.28. The van der Waals surface area contributed by atoms with E-state index in [1.165, 1.54) is 4.90 Å². The predicted octanol–water partition coefficient (Wildman–Crippen LogP) is 1.68. The van der Waals surface area contributed by atoms with E-state index in [4.69, 9.17) is 0 Å². The Balaban J connectivity index is 2.17. The largest absolute Gasteiger partial charge is 0.414 e. The molecule has 15 heavy (non-hydrogen) atoms. The summed E-state index contributed by atoms with van der Waals surface area (Å²) < 4.78 is 35.0. The number of nitrogens with zero attached hydrogens (tertiary/aromatic N) is 1. The Kier molecular flexibility index (Phi) is 4.19. The quantitative estimate of drug-likeness (QED) is 0.728. The number of carbonyl (C=O) groups is 1. The molecule has 1 N–H and O–H groups in total. The van der Waals surface area contributed by atoms with Gasteiger partial charge in [-0.3, -0.25) is 4.84 Å². The molecule has 0 aromatic heterocycles. The van der Waals surface area contributed by atoms with Gasteiger partial charge in [0.2, 0.25) is 0 Å². The van der Waals surface area contributed by atoms with Gasteiger partial charge in [0.1, 0.15) is 0 Å². The number of halogens is 3. The molecule has 1 aliphatic heterocycles. The van der Waals surface area contributed by atoms with Gasteiger partial charge in [-0.25, -0.2) is 10.3 Å². The molecule has 1 aliphatic rings. The third kappa shape index (κ3) is 4.87. The second-order valence-corrected chi connectivity index (χ2v) is 3.36. The molecule has 1 saturated heterocycles. The molecule has 88 valence electrons. The smallest absolute Gasteiger partial charge is 0.323 e. The summed E-state index contributed by atoms with van der Waals surface area (Å²) >= 11 is 0. The number of hydroxylamine groups is 1. The van der Waals surface area contributed by atoms with E-state index in [-0.39, 0.29) is 0 Å². The van der Waals surface area contributed by atoms with E-state index in [0.29, 0.717) is 13.1 Å². The molecule has 0 unspecified atom stereocenters. The van der Waals surface area contributed by atoms with Crippen molar-refractivity contribution < 1.29 is 22.8 Å². The van der Waals surface area contributed by atoms with Crippen molar-refractivity contribution in [2.24, 2.45) is 0 Å². The number of rotatable bonds is 2. The normalized spacial score (nSPS) is 17.7. The van der Waals surface area contributed by atoms with Crippen molar-refractivity contribution in [3.8, 4) is 0 Å². The summed E-state index contributed by atoms with van der Waals surface area (Å²) in [6.07, 6.45) is -1.61. The van der Waals surface area contributed by atoms with Crippen LogP contribution in [-0.2, 0) is 4.84 Å². The Morgan fingerprint density at radius 3 is 2.40 bits per heavy atom. The van der Waals surface area contributed by atoms with Gasteiger partial charge in [-0.1, -0.05) is 0 Å². The second kappa shape index (κ2) is 5.20. The van der Waals surface area contributed by atoms with Gasteiger partial charge < -0.3 is 4.90 Å². The van der Waals surface area contributed by atoms with Crippen LogP contribution >= 0.6 is 0 Å². The third-order valence-corrected chi connectivity index (χ3v) is 2.04. The van der Waals surface area contributed by atoms with Crippen molar-refractivity contribution in [3.05, 3.63) is 0 Å². The van der Waals surface area contributed by atoms with Gasteiger partial charge in [0.05, 0.1) is 0 Å². The van der Waals surface area contributed by atoms with Crippen LogP contribution in [0.2, 0.25) is 0 Å². The molecule has 0 saturated carbocycles. The lowest BCUT2D eigenvalue weighted by Crippen LogP contribution is -2.43. The van der Waals surface area contributed by atoms with Crippen LogP contribution in [0.5, 0.6) is 0 Å². The summed E-state index contributed by atoms with van der Waals surface area (Å²) in [7, 11) is 0. The van der Waals surface area contributed by atoms with E-state index in [9.17, 15) is 18.0 Å². The maximum atomic E-state index is 11.7. The fraction of sp³-hybridized carbons (Fsp3) is 0.875. The van der Waals surface area contributed by atoms with E-state index in [1.807, 2.05) is 0 Å². The van der Waals surface area contributed by atoms with E-state index in [1.54, 1.807) is 5.48 Å². The first kappa shape index (κ1) is 12.1. The van der Waals surface area contributed by atoms with E-state index in [0.717, 1.165) is 19.3 Å². The number of alkyl halides is 3. The number of hydrogen-bond acceptors (Lipinski definition) is 2. The zero-order valence-corrected chi connectivity index (χ0v) is 8.14. The Bertz CT molecular complexity index is 214. The Labute approximate surface area is 85.3 Å². The van der Waals surface area contributed by atoms with Crippen molar-refractivity contribution in [1.29, 1.82) is 0 Å². The number of carbonyl (C=O) groups excluding carboxylic acids is 1. The standard InChI is InChI=1S/C8H13F3N2O2/c9-8(10,11)6-15-12-7(14)13-4-2-1-3-5-13/h1-6H2,(H,12,14). The molecule has 0 aromatic carbocycles. The lowest BCUT2D eigenvalue weighted by atomic mass is 10.1. The van der Waals surface area contributed by atoms with Crippen LogP contribution in [0.15, 0.2) is 0 Å². The van der Waals surface area contributed by atoms with Gasteiger partial charge in [0, 0.05) is 13.1 Å². The van der Waals surface area contributed by atoms with Gasteiger partial charge in [0.15, 0.2) is 6.61 Å². The fourth-order valence-corrected chi connectivity index (χ4v) is 1.34. The van der Waals surface area contributed by atoms with Gasteiger partial charge in [-0.15, -0.1) is 0 Å². The van der Waals surface area contributed by atoms with E-state index in [2.05, 4.69) is 4.84 Å².